The number of carbonyl (C=O) groups is 1. The van der Waals surface area contributed by atoms with Gasteiger partial charge in [-0.15, -0.1) is 10.2 Å². The van der Waals surface area contributed by atoms with Crippen LogP contribution in [0.2, 0.25) is 0 Å². The first kappa shape index (κ1) is 7.44. The van der Waals surface area contributed by atoms with Crippen LogP contribution in [0.15, 0.2) is 57.7 Å². The van der Waals surface area contributed by atoms with Crippen molar-refractivity contribution in [2.75, 3.05) is 6.54 Å². The van der Waals surface area contributed by atoms with E-state index in [-0.39, 0.29) is 5.91 Å². The molecule has 4 heteroatoms. The van der Waals surface area contributed by atoms with E-state index in [1.807, 2.05) is 35.4 Å². The second kappa shape index (κ2) is 2.51. The molecule has 0 radical (unpaired) electrons. The quantitative estimate of drug-likeness (QED) is 0.574. The van der Waals surface area contributed by atoms with Gasteiger partial charge in [0.15, 0.2) is 0 Å². The highest BCUT2D eigenvalue weighted by Crippen LogP contribution is 2.31. The fraction of sp³-hybridized carbons (Fsp3) is 0.100. The van der Waals surface area contributed by atoms with E-state index >= 15 is 0 Å². The van der Waals surface area contributed by atoms with Crippen molar-refractivity contribution in [3.05, 3.63) is 47.5 Å². The Labute approximate surface area is 80.6 Å². The second-order valence-corrected chi connectivity index (χ2v) is 3.21. The van der Waals surface area contributed by atoms with Gasteiger partial charge < -0.3 is 4.90 Å². The van der Waals surface area contributed by atoms with Gasteiger partial charge >= 0.3 is 0 Å². The van der Waals surface area contributed by atoms with Crippen LogP contribution in [0.25, 0.3) is 0 Å². The van der Waals surface area contributed by atoms with Gasteiger partial charge in [-0.05, 0) is 18.2 Å². The summed E-state index contributed by atoms with van der Waals surface area (Å²) < 4.78 is 0. The van der Waals surface area contributed by atoms with E-state index in [2.05, 4.69) is 10.2 Å². The lowest BCUT2D eigenvalue weighted by Crippen LogP contribution is -2.23. The van der Waals surface area contributed by atoms with Crippen molar-refractivity contribution in [1.82, 2.24) is 4.90 Å². The lowest BCUT2D eigenvalue weighted by atomic mass is 10.1. The van der Waals surface area contributed by atoms with E-state index in [1.54, 1.807) is 0 Å². The zero-order valence-corrected chi connectivity index (χ0v) is 7.34. The van der Waals surface area contributed by atoms with Crippen molar-refractivity contribution in [3.8, 4) is 0 Å². The number of amides is 1. The zero-order valence-electron chi connectivity index (χ0n) is 7.34. The molecule has 0 aromatic rings. The third kappa shape index (κ3) is 0.849. The first-order valence-electron chi connectivity index (χ1n) is 4.38. The molecule has 0 N–H and O–H groups in total. The molecule has 1 amide bonds. The van der Waals surface area contributed by atoms with Gasteiger partial charge in [0, 0.05) is 12.7 Å². The molecule has 0 spiro atoms. The Hall–Kier alpha value is -1.97. The number of allylic oxidation sites excluding steroid dienone is 3. The summed E-state index contributed by atoms with van der Waals surface area (Å²) in [7, 11) is 0. The maximum absolute atomic E-state index is 11.3. The van der Waals surface area contributed by atoms with Gasteiger partial charge in [0.05, 0.1) is 11.3 Å². The summed E-state index contributed by atoms with van der Waals surface area (Å²) in [5.41, 5.74) is 2.29. The number of fused-ring (bicyclic) bond motifs is 2. The van der Waals surface area contributed by atoms with Gasteiger partial charge in [-0.1, -0.05) is 6.08 Å². The number of carbonyl (C=O) groups excluding carboxylic acids is 1. The van der Waals surface area contributed by atoms with E-state index in [0.717, 1.165) is 5.70 Å². The van der Waals surface area contributed by atoms with E-state index in [9.17, 15) is 4.79 Å². The molecule has 68 valence electrons. The van der Waals surface area contributed by atoms with Crippen LogP contribution in [0, 0.1) is 0 Å². The van der Waals surface area contributed by atoms with Crippen LogP contribution in [0.4, 0.5) is 0 Å². The lowest BCUT2D eigenvalue weighted by Gasteiger charge is -2.26. The maximum Gasteiger partial charge on any atom is 0.297 e. The van der Waals surface area contributed by atoms with Gasteiger partial charge in [0.25, 0.3) is 5.91 Å². The normalized spacial score (nSPS) is 22.7. The highest BCUT2D eigenvalue weighted by Gasteiger charge is 2.28. The van der Waals surface area contributed by atoms with E-state index in [4.69, 9.17) is 0 Å². The third-order valence-electron chi connectivity index (χ3n) is 2.40. The molecule has 3 aliphatic heterocycles. The molecular weight excluding hydrogens is 178 g/mol. The highest BCUT2D eigenvalue weighted by atomic mass is 16.2. The standard InChI is InChI=1S/C10H7N3O/c14-10-7-4-6-13-5-2-1-3-8(13)9(7)11-12-10/h1-5H,6H2. The molecular formula is C10H7N3O. The number of hydrogen-bond acceptors (Lipinski definition) is 3. The topological polar surface area (TPSA) is 45.0 Å². The minimum Gasteiger partial charge on any atom is -0.342 e. The van der Waals surface area contributed by atoms with Crippen molar-refractivity contribution in [2.24, 2.45) is 10.2 Å². The fourth-order valence-electron chi connectivity index (χ4n) is 1.72. The Kier molecular flexibility index (Phi) is 1.33. The van der Waals surface area contributed by atoms with Crippen LogP contribution in [0.3, 0.4) is 0 Å². The summed E-state index contributed by atoms with van der Waals surface area (Å²) in [5.74, 6) is -0.227. The Bertz CT molecular complexity index is 466. The van der Waals surface area contributed by atoms with Crippen molar-refractivity contribution in [3.63, 3.8) is 0 Å². The molecule has 3 aliphatic rings. The van der Waals surface area contributed by atoms with E-state index in [0.29, 0.717) is 17.8 Å². The Morgan fingerprint density at radius 1 is 1.29 bits per heavy atom. The largest absolute Gasteiger partial charge is 0.342 e. The predicted molar refractivity (Wildman–Crippen MR) is 50.0 cm³/mol. The Balaban J connectivity index is 2.18. The smallest absolute Gasteiger partial charge is 0.297 e. The molecule has 0 saturated heterocycles. The number of hydrogen-bond donors (Lipinski definition) is 0. The van der Waals surface area contributed by atoms with Crippen molar-refractivity contribution in [2.45, 2.75) is 0 Å². The molecule has 0 aromatic heterocycles. The molecule has 14 heavy (non-hydrogen) atoms. The molecule has 0 aromatic carbocycles. The van der Waals surface area contributed by atoms with E-state index < -0.39 is 0 Å². The van der Waals surface area contributed by atoms with Gasteiger partial charge in [-0.25, -0.2) is 0 Å². The van der Waals surface area contributed by atoms with Gasteiger partial charge in [-0.3, -0.25) is 4.79 Å². The van der Waals surface area contributed by atoms with Gasteiger partial charge in [0.2, 0.25) is 0 Å². The zero-order chi connectivity index (χ0) is 9.54. The third-order valence-corrected chi connectivity index (χ3v) is 2.40. The number of nitrogens with zero attached hydrogens (tertiary/aromatic N) is 3. The second-order valence-electron chi connectivity index (χ2n) is 3.21. The summed E-state index contributed by atoms with van der Waals surface area (Å²) in [6.45, 7) is 0.714. The van der Waals surface area contributed by atoms with Crippen LogP contribution in [-0.2, 0) is 4.79 Å². The average molecular weight is 185 g/mol. The molecule has 0 aliphatic carbocycles. The van der Waals surface area contributed by atoms with E-state index in [1.165, 1.54) is 0 Å². The predicted octanol–water partition coefficient (Wildman–Crippen LogP) is 1.52. The van der Waals surface area contributed by atoms with Crippen LogP contribution < -0.4 is 0 Å². The van der Waals surface area contributed by atoms with Gasteiger partial charge in [-0.2, -0.15) is 0 Å². The minimum absolute atomic E-state index is 0.227. The fourth-order valence-corrected chi connectivity index (χ4v) is 1.72. The van der Waals surface area contributed by atoms with Crippen LogP contribution >= 0.6 is 0 Å². The Morgan fingerprint density at radius 2 is 2.21 bits per heavy atom. The van der Waals surface area contributed by atoms with Crippen molar-refractivity contribution in [1.29, 1.82) is 0 Å². The lowest BCUT2D eigenvalue weighted by molar-refractivity contribution is -0.114. The summed E-state index contributed by atoms with van der Waals surface area (Å²) >= 11 is 0. The van der Waals surface area contributed by atoms with Crippen molar-refractivity contribution < 1.29 is 4.79 Å². The molecule has 3 heterocycles. The molecule has 0 saturated carbocycles. The van der Waals surface area contributed by atoms with Gasteiger partial charge in [0.1, 0.15) is 5.70 Å². The summed E-state index contributed by atoms with van der Waals surface area (Å²) in [4.78, 5) is 13.3. The first-order valence-corrected chi connectivity index (χ1v) is 4.38. The maximum atomic E-state index is 11.3. The number of rotatable bonds is 0. The first-order chi connectivity index (χ1) is 6.86. The summed E-state index contributed by atoms with van der Waals surface area (Å²) in [5, 5.41) is 7.43. The monoisotopic (exact) mass is 185 g/mol. The molecule has 0 bridgehead atoms. The molecule has 0 fully saturated rings. The van der Waals surface area contributed by atoms with Crippen molar-refractivity contribution >= 4 is 5.91 Å². The number of azo groups is 1. The Morgan fingerprint density at radius 3 is 3.14 bits per heavy atom. The molecule has 4 nitrogen and oxygen atoms in total. The van der Waals surface area contributed by atoms with Crippen LogP contribution in [0.1, 0.15) is 0 Å². The SMILES string of the molecule is O=C1N=NC2=C3C=CC=CN3CC=C12. The molecule has 0 atom stereocenters. The van der Waals surface area contributed by atoms with Crippen LogP contribution in [-0.4, -0.2) is 17.4 Å². The highest BCUT2D eigenvalue weighted by molar-refractivity contribution is 6.00. The van der Waals surface area contributed by atoms with Crippen LogP contribution in [0.5, 0.6) is 0 Å². The summed E-state index contributed by atoms with van der Waals surface area (Å²) in [6.07, 6.45) is 9.66. The molecule has 3 rings (SSSR count). The minimum atomic E-state index is -0.227. The summed E-state index contributed by atoms with van der Waals surface area (Å²) in [6, 6.07) is 0. The average Bonchev–Trinajstić information content (AvgIpc) is 2.61. The molecule has 0 unspecified atom stereocenters.